The van der Waals surface area contributed by atoms with Crippen molar-refractivity contribution in [3.8, 4) is 0 Å². The lowest BCUT2D eigenvalue weighted by molar-refractivity contribution is -0.132. The van der Waals surface area contributed by atoms with Crippen LogP contribution in [0.25, 0.3) is 0 Å². The Morgan fingerprint density at radius 2 is 1.57 bits per heavy atom. The van der Waals surface area contributed by atoms with E-state index in [9.17, 15) is 9.59 Å². The van der Waals surface area contributed by atoms with Crippen LogP contribution in [-0.2, 0) is 4.79 Å². The smallest absolute Gasteiger partial charge is 0.274 e. The minimum atomic E-state index is -0.415. The first-order valence-corrected chi connectivity index (χ1v) is 12.0. The molecule has 2 aromatic carbocycles. The summed E-state index contributed by atoms with van der Waals surface area (Å²) in [5.41, 5.74) is 2.01. The first kappa shape index (κ1) is 25.0. The summed E-state index contributed by atoms with van der Waals surface area (Å²) in [6.45, 7) is 2.21. The van der Waals surface area contributed by atoms with E-state index in [4.69, 9.17) is 34.8 Å². The molecule has 2 heterocycles. The largest absolute Gasteiger partial charge is 0.368 e. The quantitative estimate of drug-likeness (QED) is 0.337. The summed E-state index contributed by atoms with van der Waals surface area (Å²) in [6, 6.07) is 15.7. The number of carbonyl (C=O) groups is 2. The Morgan fingerprint density at radius 3 is 2.23 bits per heavy atom. The fraction of sp³-hybridized carbons (Fsp3) is 0.200. The summed E-state index contributed by atoms with van der Waals surface area (Å²) >= 11 is 18.2. The highest BCUT2D eigenvalue weighted by Crippen LogP contribution is 2.21. The highest BCUT2D eigenvalue weighted by atomic mass is 35.5. The van der Waals surface area contributed by atoms with Gasteiger partial charge in [-0.1, -0.05) is 40.9 Å². The van der Waals surface area contributed by atoms with Crippen LogP contribution in [0.2, 0.25) is 15.1 Å². The van der Waals surface area contributed by atoms with Crippen LogP contribution in [-0.4, -0.2) is 65.6 Å². The van der Waals surface area contributed by atoms with Crippen molar-refractivity contribution in [2.24, 2.45) is 5.10 Å². The third-order valence-electron chi connectivity index (χ3n) is 5.57. The van der Waals surface area contributed by atoms with Crippen molar-refractivity contribution in [1.29, 1.82) is 0 Å². The monoisotopic (exact) mass is 529 g/mol. The lowest BCUT2D eigenvalue weighted by Gasteiger charge is -2.36. The number of hydrogen-bond donors (Lipinski definition) is 0. The predicted molar refractivity (Wildman–Crippen MR) is 140 cm³/mol. The molecular weight excluding hydrogens is 509 g/mol. The molecule has 0 spiro atoms. The highest BCUT2D eigenvalue weighted by Gasteiger charge is 2.25. The number of pyridine rings is 1. The molecule has 1 aliphatic rings. The van der Waals surface area contributed by atoms with Gasteiger partial charge in [0, 0.05) is 65.4 Å². The fourth-order valence-corrected chi connectivity index (χ4v) is 4.22. The normalized spacial score (nSPS) is 13.8. The SMILES string of the molecule is O=C(CN(/N=C/c1ccc(Cl)cc1Cl)C(=O)c1ccncc1)N1CCN(c2ccc(Cl)cc2)CC1. The van der Waals surface area contributed by atoms with Crippen LogP contribution < -0.4 is 4.90 Å². The van der Waals surface area contributed by atoms with Gasteiger partial charge in [0.1, 0.15) is 6.54 Å². The minimum Gasteiger partial charge on any atom is -0.368 e. The van der Waals surface area contributed by atoms with Crippen molar-refractivity contribution in [2.75, 3.05) is 37.6 Å². The zero-order valence-electron chi connectivity index (χ0n) is 18.7. The van der Waals surface area contributed by atoms with E-state index < -0.39 is 5.91 Å². The zero-order chi connectivity index (χ0) is 24.8. The molecule has 2 amide bonds. The molecule has 0 saturated carbocycles. The molecule has 0 aliphatic carbocycles. The molecule has 0 bridgehead atoms. The number of anilines is 1. The maximum absolute atomic E-state index is 13.1. The summed E-state index contributed by atoms with van der Waals surface area (Å²) in [6.07, 6.45) is 4.48. The van der Waals surface area contributed by atoms with E-state index in [-0.39, 0.29) is 12.5 Å². The van der Waals surface area contributed by atoms with Crippen LogP contribution in [0.4, 0.5) is 5.69 Å². The topological polar surface area (TPSA) is 69.1 Å². The maximum Gasteiger partial charge on any atom is 0.274 e. The highest BCUT2D eigenvalue weighted by molar-refractivity contribution is 6.36. The second kappa shape index (κ2) is 11.5. The molecule has 3 aromatic rings. The van der Waals surface area contributed by atoms with E-state index in [2.05, 4.69) is 15.0 Å². The molecule has 0 unspecified atom stereocenters. The Bertz CT molecular complexity index is 1210. The van der Waals surface area contributed by atoms with Crippen molar-refractivity contribution >= 4 is 58.5 Å². The number of benzene rings is 2. The van der Waals surface area contributed by atoms with Crippen molar-refractivity contribution in [3.63, 3.8) is 0 Å². The van der Waals surface area contributed by atoms with Gasteiger partial charge in [-0.05, 0) is 48.5 Å². The number of piperazine rings is 1. The summed E-state index contributed by atoms with van der Waals surface area (Å²) in [5, 5.41) is 7.02. The minimum absolute atomic E-state index is 0.192. The third kappa shape index (κ3) is 6.51. The number of halogens is 3. The van der Waals surface area contributed by atoms with Crippen LogP contribution in [0.1, 0.15) is 15.9 Å². The van der Waals surface area contributed by atoms with Crippen molar-refractivity contribution < 1.29 is 9.59 Å². The first-order valence-electron chi connectivity index (χ1n) is 10.9. The van der Waals surface area contributed by atoms with Gasteiger partial charge in [-0.25, -0.2) is 5.01 Å². The van der Waals surface area contributed by atoms with Crippen LogP contribution in [0, 0.1) is 0 Å². The molecule has 10 heteroatoms. The molecular formula is C25H22Cl3N5O2. The molecule has 0 atom stereocenters. The van der Waals surface area contributed by atoms with Crippen LogP contribution in [0.5, 0.6) is 0 Å². The van der Waals surface area contributed by atoms with Crippen molar-refractivity contribution in [1.82, 2.24) is 14.9 Å². The summed E-state index contributed by atoms with van der Waals surface area (Å²) in [7, 11) is 0. The average molecular weight is 531 g/mol. The van der Waals surface area contributed by atoms with E-state index in [1.54, 1.807) is 35.2 Å². The number of amides is 2. The summed E-state index contributed by atoms with van der Waals surface area (Å²) < 4.78 is 0. The Kier molecular flexibility index (Phi) is 8.23. The molecule has 35 heavy (non-hydrogen) atoms. The van der Waals surface area contributed by atoms with Gasteiger partial charge in [0.25, 0.3) is 5.91 Å². The Morgan fingerprint density at radius 1 is 0.914 bits per heavy atom. The van der Waals surface area contributed by atoms with Gasteiger partial charge in [-0.3, -0.25) is 14.6 Å². The Hall–Kier alpha value is -3.13. The molecule has 0 N–H and O–H groups in total. The van der Waals surface area contributed by atoms with Crippen LogP contribution in [0.3, 0.4) is 0 Å². The molecule has 4 rings (SSSR count). The molecule has 180 valence electrons. The Labute approximate surface area is 218 Å². The molecule has 0 radical (unpaired) electrons. The van der Waals surface area contributed by atoms with E-state index >= 15 is 0 Å². The zero-order valence-corrected chi connectivity index (χ0v) is 20.9. The molecule has 1 saturated heterocycles. The number of nitrogens with zero attached hydrogens (tertiary/aromatic N) is 5. The second-order valence-electron chi connectivity index (χ2n) is 7.85. The van der Waals surface area contributed by atoms with E-state index in [0.717, 1.165) is 10.7 Å². The lowest BCUT2D eigenvalue weighted by atomic mass is 10.2. The molecule has 7 nitrogen and oxygen atoms in total. The average Bonchev–Trinajstić information content (AvgIpc) is 2.88. The number of rotatable bonds is 6. The second-order valence-corrected chi connectivity index (χ2v) is 9.13. The van der Waals surface area contributed by atoms with E-state index in [1.165, 1.54) is 18.6 Å². The lowest BCUT2D eigenvalue weighted by Crippen LogP contribution is -2.51. The van der Waals surface area contributed by atoms with Gasteiger partial charge >= 0.3 is 0 Å². The predicted octanol–water partition coefficient (Wildman–Crippen LogP) is 4.87. The van der Waals surface area contributed by atoms with Gasteiger partial charge in [0.05, 0.1) is 11.2 Å². The molecule has 1 fully saturated rings. The maximum atomic E-state index is 13.1. The Balaban J connectivity index is 1.46. The van der Waals surface area contributed by atoms with Crippen molar-refractivity contribution in [3.05, 3.63) is 93.2 Å². The van der Waals surface area contributed by atoms with Crippen LogP contribution >= 0.6 is 34.8 Å². The molecule has 1 aliphatic heterocycles. The summed E-state index contributed by atoms with van der Waals surface area (Å²) in [4.78, 5) is 34.1. The number of hydrogen-bond acceptors (Lipinski definition) is 5. The van der Waals surface area contributed by atoms with Gasteiger partial charge in [-0.15, -0.1) is 0 Å². The summed E-state index contributed by atoms with van der Waals surface area (Å²) in [5.74, 6) is -0.607. The molecule has 1 aromatic heterocycles. The number of aromatic nitrogens is 1. The van der Waals surface area contributed by atoms with Crippen molar-refractivity contribution in [2.45, 2.75) is 0 Å². The number of carbonyl (C=O) groups excluding carboxylic acids is 2. The van der Waals surface area contributed by atoms with Crippen LogP contribution in [0.15, 0.2) is 72.1 Å². The van der Waals surface area contributed by atoms with E-state index in [0.29, 0.717) is 52.4 Å². The van der Waals surface area contributed by atoms with Gasteiger partial charge in [0.2, 0.25) is 5.91 Å². The standard InChI is InChI=1S/C25H22Cl3N5O2/c26-20-3-5-22(6-4-20)31-11-13-32(14-12-31)24(34)17-33(25(35)18-7-9-29-10-8-18)30-16-19-1-2-21(27)15-23(19)28/h1-10,15-16H,11-14,17H2/b30-16+. The van der Waals surface area contributed by atoms with Gasteiger partial charge in [-0.2, -0.15) is 5.10 Å². The van der Waals surface area contributed by atoms with Gasteiger partial charge in [0.15, 0.2) is 0 Å². The fourth-order valence-electron chi connectivity index (χ4n) is 3.64. The first-order chi connectivity index (χ1) is 16.9. The third-order valence-corrected chi connectivity index (χ3v) is 6.38. The van der Waals surface area contributed by atoms with E-state index in [1.807, 2.05) is 24.3 Å². The number of hydrazone groups is 1. The van der Waals surface area contributed by atoms with Gasteiger partial charge < -0.3 is 9.80 Å².